The fourth-order valence-corrected chi connectivity index (χ4v) is 2.03. The third-order valence-corrected chi connectivity index (χ3v) is 3.34. The van der Waals surface area contributed by atoms with Gasteiger partial charge in [-0.1, -0.05) is 24.3 Å². The largest absolute Gasteiger partial charge is 0.497 e. The van der Waals surface area contributed by atoms with Crippen LogP contribution >= 0.6 is 0 Å². The molecule has 0 radical (unpaired) electrons. The zero-order chi connectivity index (χ0) is 15.2. The second-order valence-corrected chi connectivity index (χ2v) is 4.90. The molecule has 2 rings (SSSR count). The highest BCUT2D eigenvalue weighted by atomic mass is 16.5. The molecule has 0 saturated carbocycles. The van der Waals surface area contributed by atoms with Crippen LogP contribution in [-0.4, -0.2) is 12.9 Å². The topological polar surface area (TPSA) is 68.3 Å². The molecule has 0 heterocycles. The Hall–Kier alpha value is -2.33. The number of nitrogens with one attached hydrogen (secondary N) is 1. The van der Waals surface area contributed by atoms with Crippen molar-refractivity contribution < 1.29 is 9.47 Å². The van der Waals surface area contributed by atoms with Crippen molar-refractivity contribution in [2.45, 2.75) is 20.1 Å². The maximum atomic E-state index is 7.42. The third kappa shape index (κ3) is 4.07. The van der Waals surface area contributed by atoms with Crippen LogP contribution in [0.2, 0.25) is 0 Å². The molecule has 0 spiro atoms. The molecular weight excluding hydrogens is 264 g/mol. The Morgan fingerprint density at radius 3 is 2.38 bits per heavy atom. The Bertz CT molecular complexity index is 621. The van der Waals surface area contributed by atoms with Crippen molar-refractivity contribution in [3.05, 3.63) is 64.7 Å². The number of hydrogen-bond acceptors (Lipinski definition) is 3. The average Bonchev–Trinajstić information content (AvgIpc) is 2.49. The summed E-state index contributed by atoms with van der Waals surface area (Å²) in [6.45, 7) is 3.09. The van der Waals surface area contributed by atoms with Crippen LogP contribution in [0.1, 0.15) is 22.3 Å². The van der Waals surface area contributed by atoms with Gasteiger partial charge in [0.2, 0.25) is 0 Å². The van der Waals surface area contributed by atoms with Crippen molar-refractivity contribution in [1.29, 1.82) is 5.41 Å². The number of rotatable bonds is 6. The molecule has 0 aliphatic carbocycles. The monoisotopic (exact) mass is 284 g/mol. The molecule has 0 amide bonds. The number of ether oxygens (including phenoxy) is 2. The fourth-order valence-electron chi connectivity index (χ4n) is 2.03. The summed E-state index contributed by atoms with van der Waals surface area (Å²) in [5, 5.41) is 7.42. The van der Waals surface area contributed by atoms with Crippen molar-refractivity contribution in [1.82, 2.24) is 0 Å². The van der Waals surface area contributed by atoms with Crippen LogP contribution in [-0.2, 0) is 18.0 Å². The molecule has 0 aliphatic heterocycles. The van der Waals surface area contributed by atoms with E-state index in [2.05, 4.69) is 0 Å². The molecular formula is C17H20N2O2. The summed E-state index contributed by atoms with van der Waals surface area (Å²) in [6.07, 6.45) is 0. The van der Waals surface area contributed by atoms with E-state index in [9.17, 15) is 0 Å². The summed E-state index contributed by atoms with van der Waals surface area (Å²) >= 11 is 0. The molecule has 110 valence electrons. The Morgan fingerprint density at radius 2 is 1.81 bits per heavy atom. The minimum absolute atomic E-state index is 0.0869. The van der Waals surface area contributed by atoms with Gasteiger partial charge in [-0.2, -0.15) is 0 Å². The molecule has 4 nitrogen and oxygen atoms in total. The van der Waals surface area contributed by atoms with E-state index in [0.29, 0.717) is 13.2 Å². The van der Waals surface area contributed by atoms with Gasteiger partial charge >= 0.3 is 0 Å². The predicted octanol–water partition coefficient (Wildman–Crippen LogP) is 3.00. The van der Waals surface area contributed by atoms with Gasteiger partial charge in [0.15, 0.2) is 0 Å². The average molecular weight is 284 g/mol. The lowest BCUT2D eigenvalue weighted by molar-refractivity contribution is 0.107. The lowest BCUT2D eigenvalue weighted by Crippen LogP contribution is -2.11. The summed E-state index contributed by atoms with van der Waals surface area (Å²) in [5.74, 6) is 0.929. The number of hydrogen-bond donors (Lipinski definition) is 2. The molecule has 2 aromatic carbocycles. The number of benzene rings is 2. The number of amidine groups is 1. The first-order valence-electron chi connectivity index (χ1n) is 6.74. The summed E-state index contributed by atoms with van der Waals surface area (Å²) in [7, 11) is 1.65. The Morgan fingerprint density at radius 1 is 1.10 bits per heavy atom. The molecule has 0 unspecified atom stereocenters. The van der Waals surface area contributed by atoms with Crippen LogP contribution in [0.4, 0.5) is 0 Å². The van der Waals surface area contributed by atoms with Gasteiger partial charge in [-0.15, -0.1) is 0 Å². The number of methoxy groups -OCH3 is 1. The zero-order valence-electron chi connectivity index (χ0n) is 12.3. The molecule has 3 N–H and O–H groups in total. The molecule has 21 heavy (non-hydrogen) atoms. The first kappa shape index (κ1) is 15.1. The normalized spacial score (nSPS) is 10.4. The molecule has 0 aliphatic rings. The van der Waals surface area contributed by atoms with Gasteiger partial charge in [-0.25, -0.2) is 0 Å². The van der Waals surface area contributed by atoms with Crippen LogP contribution in [0.5, 0.6) is 5.75 Å². The van der Waals surface area contributed by atoms with E-state index >= 15 is 0 Å². The van der Waals surface area contributed by atoms with Crippen LogP contribution in [0, 0.1) is 12.3 Å². The van der Waals surface area contributed by atoms with Gasteiger partial charge in [-0.05, 0) is 41.8 Å². The molecule has 2 aromatic rings. The second kappa shape index (κ2) is 6.90. The van der Waals surface area contributed by atoms with E-state index in [0.717, 1.165) is 28.0 Å². The Labute approximate surface area is 125 Å². The van der Waals surface area contributed by atoms with Gasteiger partial charge < -0.3 is 15.2 Å². The maximum absolute atomic E-state index is 7.42. The number of aryl methyl sites for hydroxylation is 1. The minimum atomic E-state index is 0.0869. The van der Waals surface area contributed by atoms with E-state index in [1.165, 1.54) is 0 Å². The maximum Gasteiger partial charge on any atom is 0.122 e. The smallest absolute Gasteiger partial charge is 0.122 e. The first-order chi connectivity index (χ1) is 10.1. The molecule has 0 saturated heterocycles. The highest BCUT2D eigenvalue weighted by molar-refractivity contribution is 5.95. The summed E-state index contributed by atoms with van der Waals surface area (Å²) in [6, 6.07) is 13.5. The number of nitrogens with two attached hydrogens (primary N) is 1. The van der Waals surface area contributed by atoms with Gasteiger partial charge in [-0.3, -0.25) is 5.41 Å². The predicted molar refractivity (Wildman–Crippen MR) is 83.7 cm³/mol. The van der Waals surface area contributed by atoms with Crippen molar-refractivity contribution in [2.75, 3.05) is 7.11 Å². The van der Waals surface area contributed by atoms with Gasteiger partial charge in [0.05, 0.1) is 20.3 Å². The van der Waals surface area contributed by atoms with Gasteiger partial charge in [0.25, 0.3) is 0 Å². The molecule has 0 atom stereocenters. The highest BCUT2D eigenvalue weighted by Gasteiger charge is 2.03. The van der Waals surface area contributed by atoms with Gasteiger partial charge in [0, 0.05) is 5.56 Å². The van der Waals surface area contributed by atoms with Crippen molar-refractivity contribution >= 4 is 5.84 Å². The lowest BCUT2D eigenvalue weighted by atomic mass is 10.1. The molecule has 0 aromatic heterocycles. The van der Waals surface area contributed by atoms with Crippen LogP contribution < -0.4 is 10.5 Å². The van der Waals surface area contributed by atoms with Crippen molar-refractivity contribution in [2.24, 2.45) is 5.73 Å². The first-order valence-corrected chi connectivity index (χ1v) is 6.74. The standard InChI is InChI=1S/C17H20N2O2/c1-12-9-14(17(18)19)5-6-15(12)11-21-10-13-3-7-16(20-2)8-4-13/h3-9H,10-11H2,1-2H3,(H3,18,19). The fraction of sp³-hybridized carbons (Fsp3) is 0.235. The number of nitrogen functional groups attached to an aromatic ring is 1. The van der Waals surface area contributed by atoms with Crippen molar-refractivity contribution in [3.63, 3.8) is 0 Å². The minimum Gasteiger partial charge on any atom is -0.497 e. The van der Waals surface area contributed by atoms with Crippen LogP contribution in [0.15, 0.2) is 42.5 Å². The van der Waals surface area contributed by atoms with Crippen LogP contribution in [0.3, 0.4) is 0 Å². The summed E-state index contributed by atoms with van der Waals surface area (Å²) in [5.41, 5.74) is 9.51. The molecule has 0 fully saturated rings. The Kier molecular flexibility index (Phi) is 4.95. The second-order valence-electron chi connectivity index (χ2n) is 4.90. The van der Waals surface area contributed by atoms with E-state index < -0.39 is 0 Å². The molecule has 4 heteroatoms. The lowest BCUT2D eigenvalue weighted by Gasteiger charge is -2.09. The molecule has 0 bridgehead atoms. The summed E-state index contributed by atoms with van der Waals surface area (Å²) in [4.78, 5) is 0. The van der Waals surface area contributed by atoms with E-state index in [1.54, 1.807) is 7.11 Å². The SMILES string of the molecule is COc1ccc(COCc2ccc(C(=N)N)cc2C)cc1. The quantitative estimate of drug-likeness (QED) is 0.633. The van der Waals surface area contributed by atoms with Gasteiger partial charge in [0.1, 0.15) is 11.6 Å². The van der Waals surface area contributed by atoms with E-state index in [4.69, 9.17) is 20.6 Å². The van der Waals surface area contributed by atoms with E-state index in [1.807, 2.05) is 49.4 Å². The Balaban J connectivity index is 1.92. The summed E-state index contributed by atoms with van der Waals surface area (Å²) < 4.78 is 10.9. The zero-order valence-corrected chi connectivity index (χ0v) is 12.3. The highest BCUT2D eigenvalue weighted by Crippen LogP contribution is 2.15. The van der Waals surface area contributed by atoms with E-state index in [-0.39, 0.29) is 5.84 Å². The third-order valence-electron chi connectivity index (χ3n) is 3.34. The van der Waals surface area contributed by atoms with Crippen LogP contribution in [0.25, 0.3) is 0 Å². The van der Waals surface area contributed by atoms with Crippen molar-refractivity contribution in [3.8, 4) is 5.75 Å².